The Hall–Kier alpha value is -0.640. The summed E-state index contributed by atoms with van der Waals surface area (Å²) in [6, 6.07) is 0. The summed E-state index contributed by atoms with van der Waals surface area (Å²) in [5.41, 5.74) is 2.00. The lowest BCUT2D eigenvalue weighted by atomic mass is 9.44. The molecule has 7 atom stereocenters. The molecule has 1 saturated heterocycles. The fourth-order valence-electron chi connectivity index (χ4n) is 7.95. The predicted octanol–water partition coefficient (Wildman–Crippen LogP) is 4.86. The molecule has 1 heterocycles. The average Bonchev–Trinajstić information content (AvgIpc) is 3.22. The van der Waals surface area contributed by atoms with Crippen LogP contribution >= 0.6 is 0 Å². The maximum Gasteiger partial charge on any atom is 0.188 e. The lowest BCUT2D eigenvalue weighted by Crippen LogP contribution is -2.55. The SMILES string of the molecule is C=CC[C@H]1CC2=CC3(CC[C@]2(C)[C@H]2CC[C@]4(C)[C@@H](O)CC[C@H]4[C@H]12)OCCO3. The molecule has 150 valence electrons. The lowest BCUT2D eigenvalue weighted by molar-refractivity contribution is -0.150. The summed E-state index contributed by atoms with van der Waals surface area (Å²) >= 11 is 0. The zero-order valence-corrected chi connectivity index (χ0v) is 17.1. The summed E-state index contributed by atoms with van der Waals surface area (Å²) in [5, 5.41) is 10.8. The summed E-state index contributed by atoms with van der Waals surface area (Å²) in [6.45, 7) is 10.4. The number of aliphatic hydroxyl groups excluding tert-OH is 1. The van der Waals surface area contributed by atoms with E-state index in [2.05, 4.69) is 32.6 Å². The van der Waals surface area contributed by atoms with Crippen LogP contribution in [-0.4, -0.2) is 30.2 Å². The van der Waals surface area contributed by atoms with Gasteiger partial charge in [-0.1, -0.05) is 25.5 Å². The quantitative estimate of drug-likeness (QED) is 0.704. The highest BCUT2D eigenvalue weighted by Gasteiger charge is 2.61. The lowest BCUT2D eigenvalue weighted by Gasteiger charge is -2.61. The normalized spacial score (nSPS) is 50.6. The minimum absolute atomic E-state index is 0.104. The van der Waals surface area contributed by atoms with Crippen molar-refractivity contribution in [1.82, 2.24) is 0 Å². The van der Waals surface area contributed by atoms with E-state index in [1.165, 1.54) is 25.7 Å². The minimum Gasteiger partial charge on any atom is -0.393 e. The van der Waals surface area contributed by atoms with Crippen LogP contribution in [0.1, 0.15) is 65.2 Å². The highest BCUT2D eigenvalue weighted by molar-refractivity contribution is 5.29. The second-order valence-electron chi connectivity index (χ2n) is 10.5. The van der Waals surface area contributed by atoms with Crippen molar-refractivity contribution in [1.29, 1.82) is 0 Å². The molecule has 3 saturated carbocycles. The average molecular weight is 373 g/mol. The molecule has 1 N–H and O–H groups in total. The first-order chi connectivity index (χ1) is 12.9. The summed E-state index contributed by atoms with van der Waals surface area (Å²) < 4.78 is 12.1. The van der Waals surface area contributed by atoms with Crippen LogP contribution in [0.2, 0.25) is 0 Å². The molecule has 0 aromatic heterocycles. The summed E-state index contributed by atoms with van der Waals surface area (Å²) in [5.74, 6) is 2.33. The number of ether oxygens (including phenoxy) is 2. The van der Waals surface area contributed by atoms with E-state index in [1.807, 2.05) is 0 Å². The summed E-state index contributed by atoms with van der Waals surface area (Å²) in [6.07, 6.45) is 13.5. The van der Waals surface area contributed by atoms with Crippen LogP contribution in [0.5, 0.6) is 0 Å². The topological polar surface area (TPSA) is 38.7 Å². The van der Waals surface area contributed by atoms with Crippen molar-refractivity contribution in [2.24, 2.45) is 34.5 Å². The molecule has 5 rings (SSSR count). The Morgan fingerprint density at radius 1 is 1.11 bits per heavy atom. The van der Waals surface area contributed by atoms with E-state index in [9.17, 15) is 5.11 Å². The molecule has 1 spiro atoms. The molecule has 5 aliphatic rings. The zero-order valence-electron chi connectivity index (χ0n) is 17.1. The molecule has 1 aliphatic heterocycles. The Morgan fingerprint density at radius 2 is 1.89 bits per heavy atom. The molecule has 0 radical (unpaired) electrons. The van der Waals surface area contributed by atoms with Gasteiger partial charge in [0.1, 0.15) is 0 Å². The molecular formula is C24H36O3. The number of aliphatic hydroxyl groups is 1. The predicted molar refractivity (Wildman–Crippen MR) is 106 cm³/mol. The summed E-state index contributed by atoms with van der Waals surface area (Å²) in [7, 11) is 0. The molecule has 3 heteroatoms. The van der Waals surface area contributed by atoms with E-state index in [0.717, 1.165) is 50.7 Å². The molecule has 27 heavy (non-hydrogen) atoms. The van der Waals surface area contributed by atoms with Gasteiger partial charge >= 0.3 is 0 Å². The number of allylic oxidation sites excluding steroid dienone is 2. The van der Waals surface area contributed by atoms with Crippen LogP contribution in [0.25, 0.3) is 0 Å². The maximum absolute atomic E-state index is 10.8. The molecule has 4 fully saturated rings. The fourth-order valence-corrected chi connectivity index (χ4v) is 7.95. The third-order valence-corrected chi connectivity index (χ3v) is 9.49. The number of hydrogen-bond acceptors (Lipinski definition) is 3. The Bertz CT molecular complexity index is 648. The van der Waals surface area contributed by atoms with Crippen molar-refractivity contribution in [2.45, 2.75) is 77.1 Å². The number of hydrogen-bond donors (Lipinski definition) is 1. The van der Waals surface area contributed by atoms with Gasteiger partial charge in [-0.05, 0) is 85.5 Å². The first kappa shape index (κ1) is 18.4. The first-order valence-corrected chi connectivity index (χ1v) is 11.2. The molecule has 3 nitrogen and oxygen atoms in total. The maximum atomic E-state index is 10.8. The Morgan fingerprint density at radius 3 is 2.63 bits per heavy atom. The van der Waals surface area contributed by atoms with Crippen molar-refractivity contribution in [3.8, 4) is 0 Å². The van der Waals surface area contributed by atoms with E-state index >= 15 is 0 Å². The van der Waals surface area contributed by atoms with Gasteiger partial charge in [-0.15, -0.1) is 6.58 Å². The molecule has 0 unspecified atom stereocenters. The van der Waals surface area contributed by atoms with Crippen LogP contribution in [0.15, 0.2) is 24.3 Å². The van der Waals surface area contributed by atoms with Crippen molar-refractivity contribution >= 4 is 0 Å². The smallest absolute Gasteiger partial charge is 0.188 e. The zero-order chi connectivity index (χ0) is 18.9. The van der Waals surface area contributed by atoms with Gasteiger partial charge in [-0.3, -0.25) is 0 Å². The highest BCUT2D eigenvalue weighted by Crippen LogP contribution is 2.67. The van der Waals surface area contributed by atoms with E-state index in [-0.39, 0.29) is 16.9 Å². The largest absolute Gasteiger partial charge is 0.393 e. The van der Waals surface area contributed by atoms with Gasteiger partial charge in [0.15, 0.2) is 5.79 Å². The first-order valence-electron chi connectivity index (χ1n) is 11.2. The monoisotopic (exact) mass is 372 g/mol. The Labute approximate surface area is 164 Å². The van der Waals surface area contributed by atoms with E-state index in [4.69, 9.17) is 9.47 Å². The fraction of sp³-hybridized carbons (Fsp3) is 0.833. The van der Waals surface area contributed by atoms with Crippen molar-refractivity contribution in [3.63, 3.8) is 0 Å². The summed E-state index contributed by atoms with van der Waals surface area (Å²) in [4.78, 5) is 0. The second-order valence-corrected chi connectivity index (χ2v) is 10.5. The van der Waals surface area contributed by atoms with Crippen LogP contribution < -0.4 is 0 Å². The molecular weight excluding hydrogens is 336 g/mol. The van der Waals surface area contributed by atoms with Crippen LogP contribution in [0.3, 0.4) is 0 Å². The van der Waals surface area contributed by atoms with E-state index in [0.29, 0.717) is 11.8 Å². The van der Waals surface area contributed by atoms with Gasteiger partial charge in [0.2, 0.25) is 0 Å². The Kier molecular flexibility index (Phi) is 4.21. The van der Waals surface area contributed by atoms with Gasteiger partial charge in [0.05, 0.1) is 19.3 Å². The van der Waals surface area contributed by atoms with Gasteiger partial charge in [0.25, 0.3) is 0 Å². The van der Waals surface area contributed by atoms with Crippen LogP contribution in [-0.2, 0) is 9.47 Å². The van der Waals surface area contributed by atoms with E-state index in [1.54, 1.807) is 5.57 Å². The van der Waals surface area contributed by atoms with E-state index < -0.39 is 5.79 Å². The number of rotatable bonds is 2. The van der Waals surface area contributed by atoms with Gasteiger partial charge < -0.3 is 14.6 Å². The molecule has 0 bridgehead atoms. The molecule has 0 aromatic carbocycles. The minimum atomic E-state index is -0.437. The van der Waals surface area contributed by atoms with Crippen molar-refractivity contribution in [2.75, 3.05) is 13.2 Å². The standard InChI is InChI=1S/C24H36O3/c1-4-5-16-14-17-15-24(26-12-13-27-24)11-10-22(17,2)19-8-9-23(3)18(21(16)19)6-7-20(23)25/h4,15-16,18-21,25H,1,5-14H2,2-3H3/t16-,18-,19-,20-,21-,22-,23-/m0/s1. The van der Waals surface area contributed by atoms with Gasteiger partial charge in [0, 0.05) is 6.42 Å². The third-order valence-electron chi connectivity index (χ3n) is 9.49. The van der Waals surface area contributed by atoms with Crippen LogP contribution in [0.4, 0.5) is 0 Å². The van der Waals surface area contributed by atoms with Crippen LogP contribution in [0, 0.1) is 34.5 Å². The van der Waals surface area contributed by atoms with Crippen molar-refractivity contribution in [3.05, 3.63) is 24.3 Å². The third kappa shape index (κ3) is 2.50. The second kappa shape index (κ2) is 6.18. The van der Waals surface area contributed by atoms with Crippen molar-refractivity contribution < 1.29 is 14.6 Å². The molecule has 0 aromatic rings. The highest BCUT2D eigenvalue weighted by atomic mass is 16.7. The molecule has 4 aliphatic carbocycles. The van der Waals surface area contributed by atoms with Gasteiger partial charge in [-0.25, -0.2) is 0 Å². The Balaban J connectivity index is 1.54. The number of fused-ring (bicyclic) bond motifs is 5. The molecule has 0 amide bonds. The van der Waals surface area contributed by atoms with Gasteiger partial charge in [-0.2, -0.15) is 0 Å².